The molecule has 78 valence electrons. The fourth-order valence-electron chi connectivity index (χ4n) is 1.07. The molecular weight excluding hydrogens is 268 g/mol. The summed E-state index contributed by atoms with van der Waals surface area (Å²) in [5.74, 6) is 0.171. The summed E-state index contributed by atoms with van der Waals surface area (Å²) in [7, 11) is -3.19. The normalized spacial score (nSPS) is 11.6. The van der Waals surface area contributed by atoms with Crippen molar-refractivity contribution in [1.29, 1.82) is 0 Å². The highest BCUT2D eigenvalue weighted by atomic mass is 79.9. The first-order valence-corrected chi connectivity index (χ1v) is 6.63. The van der Waals surface area contributed by atoms with Crippen LogP contribution in [0.15, 0.2) is 27.6 Å². The molecule has 0 aromatic heterocycles. The SMILES string of the molecule is CCCS(=O)(=O)c1ccc(O)c(Br)c1. The second-order valence-electron chi connectivity index (χ2n) is 2.93. The van der Waals surface area contributed by atoms with Crippen LogP contribution in [0.1, 0.15) is 13.3 Å². The van der Waals surface area contributed by atoms with Gasteiger partial charge in [0, 0.05) is 0 Å². The zero-order valence-electron chi connectivity index (χ0n) is 7.70. The summed E-state index contributed by atoms with van der Waals surface area (Å²) >= 11 is 3.08. The zero-order valence-corrected chi connectivity index (χ0v) is 10.1. The van der Waals surface area contributed by atoms with E-state index in [1.54, 1.807) is 0 Å². The van der Waals surface area contributed by atoms with Crippen molar-refractivity contribution in [3.63, 3.8) is 0 Å². The Balaban J connectivity index is 3.15. The molecule has 0 spiro atoms. The van der Waals surface area contributed by atoms with E-state index < -0.39 is 9.84 Å². The first kappa shape index (κ1) is 11.5. The third-order valence-corrected chi connectivity index (χ3v) is 4.30. The molecular formula is C9H11BrO3S. The van der Waals surface area contributed by atoms with Crippen LogP contribution in [0, 0.1) is 0 Å². The minimum absolute atomic E-state index is 0.0421. The molecule has 0 aliphatic carbocycles. The van der Waals surface area contributed by atoms with Gasteiger partial charge in [0.2, 0.25) is 0 Å². The summed E-state index contributed by atoms with van der Waals surface area (Å²) in [6, 6.07) is 4.19. The topological polar surface area (TPSA) is 54.4 Å². The van der Waals surface area contributed by atoms with E-state index in [4.69, 9.17) is 0 Å². The lowest BCUT2D eigenvalue weighted by Gasteiger charge is -2.03. The van der Waals surface area contributed by atoms with E-state index in [1.807, 2.05) is 6.92 Å². The lowest BCUT2D eigenvalue weighted by molar-refractivity contribution is 0.471. The molecule has 1 rings (SSSR count). The van der Waals surface area contributed by atoms with Crippen LogP contribution in [0.25, 0.3) is 0 Å². The van der Waals surface area contributed by atoms with Gasteiger partial charge >= 0.3 is 0 Å². The Morgan fingerprint density at radius 2 is 2.07 bits per heavy atom. The van der Waals surface area contributed by atoms with Crippen molar-refractivity contribution >= 4 is 25.8 Å². The molecule has 0 saturated carbocycles. The van der Waals surface area contributed by atoms with Crippen LogP contribution in [0.4, 0.5) is 0 Å². The summed E-state index contributed by atoms with van der Waals surface area (Å²) in [5.41, 5.74) is 0. The van der Waals surface area contributed by atoms with Gasteiger partial charge in [-0.05, 0) is 40.5 Å². The number of phenolic OH excluding ortho intramolecular Hbond substituents is 1. The van der Waals surface area contributed by atoms with Crippen molar-refractivity contribution in [2.24, 2.45) is 0 Å². The van der Waals surface area contributed by atoms with Crippen molar-refractivity contribution in [2.75, 3.05) is 5.75 Å². The molecule has 1 N–H and O–H groups in total. The minimum atomic E-state index is -3.19. The standard InChI is InChI=1S/C9H11BrO3S/c1-2-5-14(12,13)7-3-4-9(11)8(10)6-7/h3-4,6,11H,2,5H2,1H3. The van der Waals surface area contributed by atoms with Crippen molar-refractivity contribution in [3.8, 4) is 5.75 Å². The Hall–Kier alpha value is -0.550. The number of hydrogen-bond donors (Lipinski definition) is 1. The molecule has 1 aromatic carbocycles. The number of hydrogen-bond acceptors (Lipinski definition) is 3. The Bertz CT molecular complexity index is 426. The highest BCUT2D eigenvalue weighted by Gasteiger charge is 2.14. The van der Waals surface area contributed by atoms with Crippen LogP contribution in [-0.4, -0.2) is 19.3 Å². The predicted octanol–water partition coefficient (Wildman–Crippen LogP) is 2.34. The van der Waals surface area contributed by atoms with Crippen molar-refractivity contribution in [3.05, 3.63) is 22.7 Å². The number of benzene rings is 1. The lowest BCUT2D eigenvalue weighted by atomic mass is 10.3. The van der Waals surface area contributed by atoms with Gasteiger partial charge in [0.05, 0.1) is 15.1 Å². The summed E-state index contributed by atoms with van der Waals surface area (Å²) in [5, 5.41) is 9.20. The summed E-state index contributed by atoms with van der Waals surface area (Å²) in [6.07, 6.45) is 0.584. The molecule has 0 aliphatic rings. The lowest BCUT2D eigenvalue weighted by Crippen LogP contribution is -2.05. The molecule has 0 atom stereocenters. The fourth-order valence-corrected chi connectivity index (χ4v) is 2.94. The Labute approximate surface area is 91.8 Å². The zero-order chi connectivity index (χ0) is 10.8. The molecule has 0 amide bonds. The van der Waals surface area contributed by atoms with E-state index in [0.29, 0.717) is 10.9 Å². The largest absolute Gasteiger partial charge is 0.507 e. The molecule has 0 unspecified atom stereocenters. The Morgan fingerprint density at radius 1 is 1.43 bits per heavy atom. The molecule has 0 fully saturated rings. The van der Waals surface area contributed by atoms with Gasteiger partial charge in [0.15, 0.2) is 9.84 Å². The highest BCUT2D eigenvalue weighted by Crippen LogP contribution is 2.26. The van der Waals surface area contributed by atoms with Gasteiger partial charge in [-0.15, -0.1) is 0 Å². The van der Waals surface area contributed by atoms with Gasteiger partial charge in [-0.3, -0.25) is 0 Å². The Morgan fingerprint density at radius 3 is 2.57 bits per heavy atom. The van der Waals surface area contributed by atoms with Gasteiger partial charge in [0.1, 0.15) is 5.75 Å². The van der Waals surface area contributed by atoms with Crippen LogP contribution in [0.3, 0.4) is 0 Å². The van der Waals surface area contributed by atoms with Crippen LogP contribution < -0.4 is 0 Å². The fraction of sp³-hybridized carbons (Fsp3) is 0.333. The van der Waals surface area contributed by atoms with Gasteiger partial charge in [-0.1, -0.05) is 6.92 Å². The van der Waals surface area contributed by atoms with Crippen molar-refractivity contribution < 1.29 is 13.5 Å². The molecule has 3 nitrogen and oxygen atoms in total. The average Bonchev–Trinajstić information content (AvgIpc) is 2.09. The third-order valence-electron chi connectivity index (χ3n) is 1.75. The summed E-state index contributed by atoms with van der Waals surface area (Å²) in [6.45, 7) is 1.81. The highest BCUT2D eigenvalue weighted by molar-refractivity contribution is 9.10. The molecule has 0 aliphatic heterocycles. The maximum absolute atomic E-state index is 11.6. The minimum Gasteiger partial charge on any atom is -0.507 e. The van der Waals surface area contributed by atoms with E-state index in [-0.39, 0.29) is 16.4 Å². The monoisotopic (exact) mass is 278 g/mol. The number of rotatable bonds is 3. The van der Waals surface area contributed by atoms with Crippen LogP contribution in [0.5, 0.6) is 5.75 Å². The number of halogens is 1. The molecule has 5 heteroatoms. The van der Waals surface area contributed by atoms with E-state index in [0.717, 1.165) is 0 Å². The van der Waals surface area contributed by atoms with Crippen molar-refractivity contribution in [2.45, 2.75) is 18.2 Å². The molecule has 0 bridgehead atoms. The number of aromatic hydroxyl groups is 1. The average molecular weight is 279 g/mol. The van der Waals surface area contributed by atoms with Gasteiger partial charge in [0.25, 0.3) is 0 Å². The first-order chi connectivity index (χ1) is 6.47. The van der Waals surface area contributed by atoms with E-state index in [2.05, 4.69) is 15.9 Å². The molecule has 0 radical (unpaired) electrons. The third kappa shape index (κ3) is 2.48. The van der Waals surface area contributed by atoms with Crippen molar-refractivity contribution in [1.82, 2.24) is 0 Å². The quantitative estimate of drug-likeness (QED) is 0.924. The second-order valence-corrected chi connectivity index (χ2v) is 5.90. The number of sulfone groups is 1. The van der Waals surface area contributed by atoms with Crippen LogP contribution >= 0.6 is 15.9 Å². The van der Waals surface area contributed by atoms with Crippen LogP contribution in [0.2, 0.25) is 0 Å². The molecule has 14 heavy (non-hydrogen) atoms. The maximum atomic E-state index is 11.6. The predicted molar refractivity (Wildman–Crippen MR) is 58.2 cm³/mol. The van der Waals surface area contributed by atoms with Crippen LogP contribution in [-0.2, 0) is 9.84 Å². The van der Waals surface area contributed by atoms with Gasteiger partial charge in [-0.25, -0.2) is 8.42 Å². The Kier molecular flexibility index (Phi) is 3.55. The smallest absolute Gasteiger partial charge is 0.178 e. The van der Waals surface area contributed by atoms with E-state index in [9.17, 15) is 13.5 Å². The first-order valence-electron chi connectivity index (χ1n) is 4.18. The van der Waals surface area contributed by atoms with E-state index in [1.165, 1.54) is 18.2 Å². The van der Waals surface area contributed by atoms with Gasteiger partial charge < -0.3 is 5.11 Å². The molecule has 0 heterocycles. The molecule has 1 aromatic rings. The van der Waals surface area contributed by atoms with E-state index >= 15 is 0 Å². The maximum Gasteiger partial charge on any atom is 0.178 e. The van der Waals surface area contributed by atoms with Gasteiger partial charge in [-0.2, -0.15) is 0 Å². The summed E-state index contributed by atoms with van der Waals surface area (Å²) < 4.78 is 23.6. The second kappa shape index (κ2) is 4.31. The number of phenols is 1. The molecule has 0 saturated heterocycles. The summed E-state index contributed by atoms with van der Waals surface area (Å²) in [4.78, 5) is 0.240.